The largest absolute Gasteiger partial charge is 0.452 e. The standard InChI is InChI=1S/C46H29N3O/c1-4-13-30(14-5-1)33-23-25-40-38(28-33)39-29-34(24-26-41(39)49(40)36-19-8-3-9-20-36)32-17-12-18-35(27-32)43-45-44(37-21-10-11-22-42(37)50-45)48-46(47-43)31-15-6-2-7-16-31/h1-29H. The van der Waals surface area contributed by atoms with Gasteiger partial charge in [0.1, 0.15) is 16.8 Å². The number of aromatic nitrogens is 3. The average molecular weight is 640 g/mol. The predicted molar refractivity (Wildman–Crippen MR) is 205 cm³/mol. The highest BCUT2D eigenvalue weighted by Crippen LogP contribution is 2.39. The van der Waals surface area contributed by atoms with Crippen molar-refractivity contribution in [2.75, 3.05) is 0 Å². The monoisotopic (exact) mass is 639 g/mol. The first-order valence-corrected chi connectivity index (χ1v) is 16.8. The van der Waals surface area contributed by atoms with E-state index in [4.69, 9.17) is 14.4 Å². The minimum absolute atomic E-state index is 0.675. The summed E-state index contributed by atoms with van der Waals surface area (Å²) in [5.41, 5.74) is 13.2. The number of furan rings is 1. The third-order valence-electron chi connectivity index (χ3n) is 9.61. The van der Waals surface area contributed by atoms with Gasteiger partial charge in [-0.1, -0.05) is 121 Å². The maximum absolute atomic E-state index is 6.44. The molecule has 234 valence electrons. The van der Waals surface area contributed by atoms with Crippen LogP contribution in [0.2, 0.25) is 0 Å². The van der Waals surface area contributed by atoms with Crippen molar-refractivity contribution in [3.63, 3.8) is 0 Å². The molecule has 0 amide bonds. The normalized spacial score (nSPS) is 11.6. The lowest BCUT2D eigenvalue weighted by Gasteiger charge is -2.10. The summed E-state index contributed by atoms with van der Waals surface area (Å²) in [4.78, 5) is 10.1. The van der Waals surface area contributed by atoms with Crippen molar-refractivity contribution in [2.24, 2.45) is 0 Å². The molecule has 7 aromatic carbocycles. The molecule has 10 rings (SSSR count). The van der Waals surface area contributed by atoms with Gasteiger partial charge in [0, 0.05) is 33.0 Å². The van der Waals surface area contributed by atoms with Crippen LogP contribution in [-0.4, -0.2) is 14.5 Å². The first kappa shape index (κ1) is 28.3. The molecule has 3 heterocycles. The van der Waals surface area contributed by atoms with E-state index >= 15 is 0 Å². The number of nitrogens with zero attached hydrogens (tertiary/aromatic N) is 3. The molecule has 0 radical (unpaired) electrons. The van der Waals surface area contributed by atoms with Gasteiger partial charge in [-0.2, -0.15) is 0 Å². The second kappa shape index (κ2) is 11.4. The fourth-order valence-corrected chi connectivity index (χ4v) is 7.22. The molecule has 3 aromatic heterocycles. The quantitative estimate of drug-likeness (QED) is 0.188. The number of hydrogen-bond acceptors (Lipinski definition) is 3. The molecule has 50 heavy (non-hydrogen) atoms. The fraction of sp³-hybridized carbons (Fsp3) is 0. The number of fused-ring (bicyclic) bond motifs is 6. The molecule has 0 fully saturated rings. The lowest BCUT2D eigenvalue weighted by Crippen LogP contribution is -1.94. The van der Waals surface area contributed by atoms with E-state index in [0.717, 1.165) is 50.1 Å². The molecule has 4 heteroatoms. The second-order valence-corrected chi connectivity index (χ2v) is 12.6. The molecule has 0 saturated carbocycles. The molecular formula is C46H29N3O. The Morgan fingerprint density at radius 3 is 1.68 bits per heavy atom. The fourth-order valence-electron chi connectivity index (χ4n) is 7.22. The zero-order chi connectivity index (χ0) is 33.0. The van der Waals surface area contributed by atoms with Gasteiger partial charge in [0.05, 0.1) is 11.0 Å². The molecule has 4 nitrogen and oxygen atoms in total. The van der Waals surface area contributed by atoms with Gasteiger partial charge in [-0.25, -0.2) is 9.97 Å². The summed E-state index contributed by atoms with van der Waals surface area (Å²) in [6, 6.07) is 61.6. The van der Waals surface area contributed by atoms with Crippen LogP contribution in [0, 0.1) is 0 Å². The zero-order valence-corrected chi connectivity index (χ0v) is 27.0. The van der Waals surface area contributed by atoms with Gasteiger partial charge in [0.15, 0.2) is 11.4 Å². The van der Waals surface area contributed by atoms with Crippen LogP contribution in [-0.2, 0) is 0 Å². The lowest BCUT2D eigenvalue weighted by molar-refractivity contribution is 0.667. The third-order valence-corrected chi connectivity index (χ3v) is 9.61. The van der Waals surface area contributed by atoms with E-state index < -0.39 is 0 Å². The van der Waals surface area contributed by atoms with Gasteiger partial charge in [-0.05, 0) is 76.9 Å². The molecular weight excluding hydrogens is 611 g/mol. The molecule has 0 aliphatic carbocycles. The number of hydrogen-bond donors (Lipinski definition) is 0. The first-order valence-electron chi connectivity index (χ1n) is 16.8. The summed E-state index contributed by atoms with van der Waals surface area (Å²) in [5.74, 6) is 0.675. The van der Waals surface area contributed by atoms with Crippen molar-refractivity contribution in [1.82, 2.24) is 14.5 Å². The molecule has 0 saturated heterocycles. The highest BCUT2D eigenvalue weighted by atomic mass is 16.3. The lowest BCUT2D eigenvalue weighted by atomic mass is 9.98. The van der Waals surface area contributed by atoms with Crippen LogP contribution < -0.4 is 0 Å². The SMILES string of the molecule is c1ccc(-c2ccc3c(c2)c2cc(-c4cccc(-c5nc(-c6ccccc6)nc6c5oc5ccccc56)c4)ccc2n3-c2ccccc2)cc1. The minimum Gasteiger partial charge on any atom is -0.452 e. The zero-order valence-electron chi connectivity index (χ0n) is 27.0. The van der Waals surface area contributed by atoms with Crippen LogP contribution in [0.25, 0.3) is 94.5 Å². The topological polar surface area (TPSA) is 43.9 Å². The molecule has 0 aliphatic rings. The van der Waals surface area contributed by atoms with E-state index in [1.807, 2.05) is 48.5 Å². The van der Waals surface area contributed by atoms with Crippen molar-refractivity contribution in [3.05, 3.63) is 176 Å². The summed E-state index contributed by atoms with van der Waals surface area (Å²) < 4.78 is 8.81. The number of para-hydroxylation sites is 2. The van der Waals surface area contributed by atoms with Gasteiger partial charge < -0.3 is 8.98 Å². The summed E-state index contributed by atoms with van der Waals surface area (Å²) in [7, 11) is 0. The third kappa shape index (κ3) is 4.61. The van der Waals surface area contributed by atoms with Crippen LogP contribution in [0.1, 0.15) is 0 Å². The average Bonchev–Trinajstić information content (AvgIpc) is 3.74. The molecule has 0 aliphatic heterocycles. The maximum Gasteiger partial charge on any atom is 0.180 e. The van der Waals surface area contributed by atoms with Crippen molar-refractivity contribution in [1.29, 1.82) is 0 Å². The summed E-state index contributed by atoms with van der Waals surface area (Å²) in [6.45, 7) is 0. The highest BCUT2D eigenvalue weighted by Gasteiger charge is 2.19. The van der Waals surface area contributed by atoms with Crippen LogP contribution >= 0.6 is 0 Å². The van der Waals surface area contributed by atoms with Gasteiger partial charge >= 0.3 is 0 Å². The second-order valence-electron chi connectivity index (χ2n) is 12.6. The number of benzene rings is 7. The summed E-state index contributed by atoms with van der Waals surface area (Å²) >= 11 is 0. The Balaban J connectivity index is 1.17. The molecule has 0 atom stereocenters. The van der Waals surface area contributed by atoms with E-state index in [2.05, 4.69) is 132 Å². The highest BCUT2D eigenvalue weighted by molar-refractivity contribution is 6.12. The summed E-state index contributed by atoms with van der Waals surface area (Å²) in [6.07, 6.45) is 0. The Labute approximate surface area is 288 Å². The Kier molecular flexibility index (Phi) is 6.46. The molecule has 0 N–H and O–H groups in total. The summed E-state index contributed by atoms with van der Waals surface area (Å²) in [5, 5.41) is 3.41. The van der Waals surface area contributed by atoms with Gasteiger partial charge in [-0.3, -0.25) is 0 Å². The molecule has 0 unspecified atom stereocenters. The van der Waals surface area contributed by atoms with Crippen molar-refractivity contribution < 1.29 is 4.42 Å². The van der Waals surface area contributed by atoms with Crippen LogP contribution in [0.5, 0.6) is 0 Å². The molecule has 0 spiro atoms. The number of rotatable bonds is 5. The van der Waals surface area contributed by atoms with Crippen molar-refractivity contribution in [3.8, 4) is 50.6 Å². The van der Waals surface area contributed by atoms with E-state index in [-0.39, 0.29) is 0 Å². The van der Waals surface area contributed by atoms with E-state index in [1.54, 1.807) is 0 Å². The van der Waals surface area contributed by atoms with E-state index in [1.165, 1.54) is 32.9 Å². The maximum atomic E-state index is 6.44. The Hall–Kier alpha value is -6.78. The Bertz CT molecular complexity index is 2850. The van der Waals surface area contributed by atoms with E-state index in [9.17, 15) is 0 Å². The minimum atomic E-state index is 0.675. The Morgan fingerprint density at radius 2 is 0.960 bits per heavy atom. The molecule has 0 bridgehead atoms. The molecule has 10 aromatic rings. The Morgan fingerprint density at radius 1 is 0.400 bits per heavy atom. The predicted octanol–water partition coefficient (Wildman–Crippen LogP) is 12.1. The first-order chi connectivity index (χ1) is 24.8. The smallest absolute Gasteiger partial charge is 0.180 e. The van der Waals surface area contributed by atoms with Crippen LogP contribution in [0.15, 0.2) is 180 Å². The van der Waals surface area contributed by atoms with Gasteiger partial charge in [0.25, 0.3) is 0 Å². The van der Waals surface area contributed by atoms with Crippen LogP contribution in [0.4, 0.5) is 0 Å². The van der Waals surface area contributed by atoms with Gasteiger partial charge in [-0.15, -0.1) is 0 Å². The van der Waals surface area contributed by atoms with Crippen molar-refractivity contribution in [2.45, 2.75) is 0 Å². The van der Waals surface area contributed by atoms with Gasteiger partial charge in [0.2, 0.25) is 0 Å². The van der Waals surface area contributed by atoms with Crippen molar-refractivity contribution >= 4 is 43.9 Å². The van der Waals surface area contributed by atoms with E-state index in [0.29, 0.717) is 11.4 Å². The van der Waals surface area contributed by atoms with Crippen LogP contribution in [0.3, 0.4) is 0 Å².